The zero-order valence-electron chi connectivity index (χ0n) is 19.0. The van der Waals surface area contributed by atoms with Crippen molar-refractivity contribution < 1.29 is 24.2 Å². The van der Waals surface area contributed by atoms with E-state index in [2.05, 4.69) is 15.6 Å². The lowest BCUT2D eigenvalue weighted by atomic mass is 10.0. The molecule has 8 heteroatoms. The fraction of sp³-hybridized carbons (Fsp3) is 0.192. The molecule has 1 heterocycles. The summed E-state index contributed by atoms with van der Waals surface area (Å²) >= 11 is 0. The highest BCUT2D eigenvalue weighted by Gasteiger charge is 2.16. The molecule has 4 rings (SSSR count). The van der Waals surface area contributed by atoms with Crippen LogP contribution in [-0.2, 0) is 9.47 Å². The third kappa shape index (κ3) is 4.92. The van der Waals surface area contributed by atoms with E-state index in [1.807, 2.05) is 24.3 Å². The second kappa shape index (κ2) is 9.76. The second-order valence-electron chi connectivity index (χ2n) is 7.98. The molecule has 0 aliphatic carbocycles. The Morgan fingerprint density at radius 2 is 1.71 bits per heavy atom. The zero-order valence-corrected chi connectivity index (χ0v) is 19.0. The number of rotatable bonds is 6. The summed E-state index contributed by atoms with van der Waals surface area (Å²) in [6.45, 7) is 3.53. The van der Waals surface area contributed by atoms with Crippen LogP contribution < -0.4 is 10.6 Å². The molecule has 174 valence electrons. The number of amides is 1. The second-order valence-corrected chi connectivity index (χ2v) is 7.98. The fourth-order valence-corrected chi connectivity index (χ4v) is 3.66. The van der Waals surface area contributed by atoms with Gasteiger partial charge in [0.05, 0.1) is 35.5 Å². The van der Waals surface area contributed by atoms with Crippen molar-refractivity contribution in [3.8, 4) is 0 Å². The number of aromatic nitrogens is 1. The highest BCUT2D eigenvalue weighted by atomic mass is 16.6. The van der Waals surface area contributed by atoms with E-state index >= 15 is 0 Å². The van der Waals surface area contributed by atoms with E-state index in [9.17, 15) is 14.7 Å². The topological polar surface area (TPSA) is 110 Å². The summed E-state index contributed by atoms with van der Waals surface area (Å²) in [6.07, 6.45) is -1.90. The average molecular weight is 460 g/mol. The van der Waals surface area contributed by atoms with E-state index in [4.69, 9.17) is 9.47 Å². The van der Waals surface area contributed by atoms with Gasteiger partial charge >= 0.3 is 12.1 Å². The highest BCUT2D eigenvalue weighted by Crippen LogP contribution is 2.33. The van der Waals surface area contributed by atoms with Gasteiger partial charge in [-0.25, -0.2) is 14.6 Å². The summed E-state index contributed by atoms with van der Waals surface area (Å²) in [7, 11) is 1.33. The number of esters is 1. The van der Waals surface area contributed by atoms with Gasteiger partial charge in [-0.1, -0.05) is 30.3 Å². The Bertz CT molecular complexity index is 1370. The number of hydrogen-bond donors (Lipinski definition) is 3. The zero-order chi connectivity index (χ0) is 24.2. The van der Waals surface area contributed by atoms with Crippen LogP contribution in [0.2, 0.25) is 0 Å². The van der Waals surface area contributed by atoms with Gasteiger partial charge in [0.25, 0.3) is 0 Å². The van der Waals surface area contributed by atoms with Gasteiger partial charge in [0.2, 0.25) is 0 Å². The average Bonchev–Trinajstić information content (AvgIpc) is 2.82. The van der Waals surface area contributed by atoms with Gasteiger partial charge in [0.1, 0.15) is 0 Å². The first-order chi connectivity index (χ1) is 16.4. The molecule has 1 unspecified atom stereocenters. The fourth-order valence-electron chi connectivity index (χ4n) is 3.66. The minimum Gasteiger partial charge on any atom is -0.465 e. The molecule has 0 radical (unpaired) electrons. The van der Waals surface area contributed by atoms with Crippen LogP contribution in [0.3, 0.4) is 0 Å². The van der Waals surface area contributed by atoms with Gasteiger partial charge in [-0.3, -0.25) is 5.32 Å². The number of nitrogens with zero attached hydrogens (tertiary/aromatic N) is 1. The van der Waals surface area contributed by atoms with Crippen molar-refractivity contribution in [3.05, 3.63) is 77.9 Å². The first-order valence-corrected chi connectivity index (χ1v) is 10.8. The Labute approximate surface area is 196 Å². The molecule has 0 aliphatic heterocycles. The van der Waals surface area contributed by atoms with E-state index in [0.717, 1.165) is 10.8 Å². The summed E-state index contributed by atoms with van der Waals surface area (Å²) in [4.78, 5) is 28.6. The molecule has 1 aromatic heterocycles. The number of benzene rings is 3. The summed E-state index contributed by atoms with van der Waals surface area (Å²) in [5.74, 6) is -0.452. The minimum absolute atomic E-state index is 0.247. The van der Waals surface area contributed by atoms with Crippen molar-refractivity contribution in [1.29, 1.82) is 0 Å². The van der Waals surface area contributed by atoms with Crippen LogP contribution >= 0.6 is 0 Å². The molecule has 1 atom stereocenters. The molecule has 4 aromatic rings. The maximum atomic E-state index is 12.0. The molecule has 3 N–H and O–H groups in total. The normalized spacial score (nSPS) is 11.9. The highest BCUT2D eigenvalue weighted by molar-refractivity contribution is 6.09. The lowest BCUT2D eigenvalue weighted by molar-refractivity contribution is 0.0600. The Balaban J connectivity index is 1.70. The molecular weight excluding hydrogens is 434 g/mol. The van der Waals surface area contributed by atoms with Gasteiger partial charge in [0.15, 0.2) is 6.23 Å². The van der Waals surface area contributed by atoms with Crippen LogP contribution in [0, 0.1) is 0 Å². The molecule has 0 saturated heterocycles. The van der Waals surface area contributed by atoms with E-state index < -0.39 is 18.3 Å². The summed E-state index contributed by atoms with van der Waals surface area (Å²) in [5, 5.41) is 18.4. The SMILES string of the molecule is COC(=O)c1ccc2c(NC(O)c3cccc(NC(=O)OC(C)C)c3)c3ccccc3nc2c1. The van der Waals surface area contributed by atoms with Gasteiger partial charge in [-0.15, -0.1) is 0 Å². The Kier molecular flexibility index (Phi) is 6.60. The van der Waals surface area contributed by atoms with Crippen molar-refractivity contribution in [2.75, 3.05) is 17.7 Å². The predicted molar refractivity (Wildman–Crippen MR) is 131 cm³/mol. The van der Waals surface area contributed by atoms with E-state index in [0.29, 0.717) is 33.5 Å². The number of nitrogens with one attached hydrogen (secondary N) is 2. The minimum atomic E-state index is -1.09. The number of hydrogen-bond acceptors (Lipinski definition) is 7. The number of aliphatic hydroxyl groups excluding tert-OH is 1. The summed E-state index contributed by atoms with van der Waals surface area (Å²) in [6, 6.07) is 19.5. The van der Waals surface area contributed by atoms with Crippen LogP contribution in [0.25, 0.3) is 21.8 Å². The molecule has 3 aromatic carbocycles. The van der Waals surface area contributed by atoms with Crippen LogP contribution in [0.5, 0.6) is 0 Å². The third-order valence-electron chi connectivity index (χ3n) is 5.18. The summed E-state index contributed by atoms with van der Waals surface area (Å²) < 4.78 is 9.94. The van der Waals surface area contributed by atoms with Crippen LogP contribution in [0.1, 0.15) is 36.0 Å². The quantitative estimate of drug-likeness (QED) is 0.206. The van der Waals surface area contributed by atoms with E-state index in [1.54, 1.807) is 56.3 Å². The molecule has 0 bridgehead atoms. The number of fused-ring (bicyclic) bond motifs is 2. The molecule has 0 saturated carbocycles. The maximum absolute atomic E-state index is 12.0. The predicted octanol–water partition coefficient (Wildman–Crippen LogP) is 5.23. The lowest BCUT2D eigenvalue weighted by Gasteiger charge is -2.19. The summed E-state index contributed by atoms with van der Waals surface area (Å²) in [5.41, 5.74) is 3.39. The number of anilines is 2. The van der Waals surface area contributed by atoms with E-state index in [1.165, 1.54) is 7.11 Å². The van der Waals surface area contributed by atoms with Gasteiger partial charge in [0, 0.05) is 22.0 Å². The largest absolute Gasteiger partial charge is 0.465 e. The first kappa shape index (κ1) is 23.0. The molecule has 0 spiro atoms. The number of ether oxygens (including phenoxy) is 2. The van der Waals surface area contributed by atoms with Crippen LogP contribution in [0.4, 0.5) is 16.2 Å². The van der Waals surface area contributed by atoms with Crippen molar-refractivity contribution in [1.82, 2.24) is 4.98 Å². The number of pyridine rings is 1. The van der Waals surface area contributed by atoms with Gasteiger partial charge in [-0.2, -0.15) is 0 Å². The standard InChI is InChI=1S/C26H25N3O5/c1-15(2)34-26(32)27-18-8-6-7-16(13-18)24(30)29-23-19-9-4-5-10-21(19)28-22-14-17(25(31)33-3)11-12-20(22)23/h4-15,24,30H,1-3H3,(H,27,32)(H,28,29). The van der Waals surface area contributed by atoms with E-state index in [-0.39, 0.29) is 6.10 Å². The molecule has 34 heavy (non-hydrogen) atoms. The maximum Gasteiger partial charge on any atom is 0.411 e. The van der Waals surface area contributed by atoms with Crippen LogP contribution in [-0.4, -0.2) is 35.4 Å². The molecule has 1 amide bonds. The van der Waals surface area contributed by atoms with Gasteiger partial charge in [-0.05, 0) is 50.2 Å². The number of para-hydroxylation sites is 1. The molecule has 8 nitrogen and oxygen atoms in total. The molecule has 0 aliphatic rings. The van der Waals surface area contributed by atoms with Gasteiger partial charge < -0.3 is 19.9 Å². The monoisotopic (exact) mass is 459 g/mol. The van der Waals surface area contributed by atoms with Crippen LogP contribution in [0.15, 0.2) is 66.7 Å². The van der Waals surface area contributed by atoms with Crippen molar-refractivity contribution >= 4 is 45.2 Å². The Morgan fingerprint density at radius 1 is 0.941 bits per heavy atom. The first-order valence-electron chi connectivity index (χ1n) is 10.8. The smallest absolute Gasteiger partial charge is 0.411 e. The Hall–Kier alpha value is -4.17. The lowest BCUT2D eigenvalue weighted by Crippen LogP contribution is -2.18. The number of carbonyl (C=O) groups excluding carboxylic acids is 2. The van der Waals surface area contributed by atoms with Crippen molar-refractivity contribution in [2.24, 2.45) is 0 Å². The number of carbonyl (C=O) groups is 2. The Morgan fingerprint density at radius 3 is 2.47 bits per heavy atom. The number of aliphatic hydroxyl groups is 1. The van der Waals surface area contributed by atoms with Crippen molar-refractivity contribution in [2.45, 2.75) is 26.2 Å². The molecular formula is C26H25N3O5. The van der Waals surface area contributed by atoms with Crippen molar-refractivity contribution in [3.63, 3.8) is 0 Å². The third-order valence-corrected chi connectivity index (χ3v) is 5.18. The molecule has 0 fully saturated rings. The number of methoxy groups -OCH3 is 1.